The van der Waals surface area contributed by atoms with Crippen molar-refractivity contribution >= 4 is 46.5 Å². The van der Waals surface area contributed by atoms with E-state index in [9.17, 15) is 9.59 Å². The highest BCUT2D eigenvalue weighted by atomic mass is 35.5. The van der Waals surface area contributed by atoms with Crippen LogP contribution < -0.4 is 19.8 Å². The first-order valence-electron chi connectivity index (χ1n) is 15.8. The summed E-state index contributed by atoms with van der Waals surface area (Å²) in [6.07, 6.45) is 6.06. The maximum atomic E-state index is 13.6. The fraction of sp³-hybridized carbons (Fsp3) is 0.361. The lowest BCUT2D eigenvalue weighted by Crippen LogP contribution is -2.41. The minimum Gasteiger partial charge on any atom is -0.493 e. The Morgan fingerprint density at radius 1 is 0.979 bits per heavy atom. The van der Waals surface area contributed by atoms with Crippen molar-refractivity contribution in [3.63, 3.8) is 0 Å². The Morgan fingerprint density at radius 2 is 1.73 bits per heavy atom. The summed E-state index contributed by atoms with van der Waals surface area (Å²) >= 11 is 14.2. The Labute approximate surface area is 295 Å². The van der Waals surface area contributed by atoms with E-state index in [0.29, 0.717) is 50.7 Å². The van der Waals surface area contributed by atoms with Crippen LogP contribution in [0.1, 0.15) is 62.6 Å². The molecule has 2 aromatic carbocycles. The Hall–Kier alpha value is -3.67. The highest BCUT2D eigenvalue weighted by Gasteiger charge is 2.27. The molecule has 5 rings (SSSR count). The Morgan fingerprint density at radius 3 is 2.44 bits per heavy atom. The van der Waals surface area contributed by atoms with E-state index in [1.165, 1.54) is 11.3 Å². The molecule has 3 atom stereocenters. The number of methoxy groups -OCH3 is 2. The first-order chi connectivity index (χ1) is 23.3. The summed E-state index contributed by atoms with van der Waals surface area (Å²) in [5.74, 6) is 0.212. The lowest BCUT2D eigenvalue weighted by atomic mass is 10.0. The summed E-state index contributed by atoms with van der Waals surface area (Å²) < 4.78 is 22.8. The average Bonchev–Trinajstić information content (AvgIpc) is 3.58. The number of benzene rings is 2. The third kappa shape index (κ3) is 9.06. The van der Waals surface area contributed by atoms with E-state index >= 15 is 0 Å². The zero-order chi connectivity index (χ0) is 34.0. The molecular weight excluding hydrogens is 673 g/mol. The molecule has 0 aliphatic carbocycles. The van der Waals surface area contributed by atoms with E-state index < -0.39 is 18.1 Å². The summed E-state index contributed by atoms with van der Waals surface area (Å²) in [5, 5.41) is 4.19. The summed E-state index contributed by atoms with van der Waals surface area (Å²) in [5.41, 5.74) is 2.13. The fourth-order valence-electron chi connectivity index (χ4n) is 5.71. The van der Waals surface area contributed by atoms with Gasteiger partial charge in [0.1, 0.15) is 33.7 Å². The molecule has 2 unspecified atom stereocenters. The number of halogens is 2. The third-order valence-electron chi connectivity index (χ3n) is 8.47. The average molecular weight is 714 g/mol. The van der Waals surface area contributed by atoms with Crippen molar-refractivity contribution < 1.29 is 33.5 Å². The quantitative estimate of drug-likeness (QED) is 0.141. The molecule has 1 fully saturated rings. The van der Waals surface area contributed by atoms with Gasteiger partial charge in [0.15, 0.2) is 23.9 Å². The fourth-order valence-corrected chi connectivity index (χ4v) is 7.08. The molecule has 1 aliphatic rings. The Bertz CT molecular complexity index is 1670. The Balaban J connectivity index is 1.29. The predicted octanol–water partition coefficient (Wildman–Crippen LogP) is 6.89. The van der Waals surface area contributed by atoms with Crippen LogP contribution in [0.5, 0.6) is 11.5 Å². The first kappa shape index (κ1) is 35.6. The van der Waals surface area contributed by atoms with Gasteiger partial charge in [-0.2, -0.15) is 0 Å². The zero-order valence-corrected chi connectivity index (χ0v) is 29.5. The summed E-state index contributed by atoms with van der Waals surface area (Å²) in [6, 6.07) is 18.0. The summed E-state index contributed by atoms with van der Waals surface area (Å²) in [6.45, 7) is 1.71. The normalized spacial score (nSPS) is 16.1. The molecule has 9 nitrogen and oxygen atoms in total. The van der Waals surface area contributed by atoms with Gasteiger partial charge in [0.25, 0.3) is 0 Å². The van der Waals surface area contributed by atoms with E-state index in [1.807, 2.05) is 42.5 Å². The lowest BCUT2D eigenvalue weighted by Gasteiger charge is -2.32. The van der Waals surface area contributed by atoms with Crippen molar-refractivity contribution in [2.75, 3.05) is 34.4 Å². The maximum Gasteiger partial charge on any atom is 0.348 e. The van der Waals surface area contributed by atoms with Gasteiger partial charge in [0.2, 0.25) is 0 Å². The SMILES string of the molecule is COc1ccc([C@H](Cc2c(Cl)c[nH+]cc2Cl)OC(=O)c2ccc(CNC(C(=O)OCC3CCCCN3C)c3ccccc3)s2)cc1OC. The van der Waals surface area contributed by atoms with Crippen molar-refractivity contribution in [3.05, 3.63) is 110 Å². The van der Waals surface area contributed by atoms with E-state index in [0.717, 1.165) is 36.2 Å². The van der Waals surface area contributed by atoms with Crippen LogP contribution in [0.2, 0.25) is 10.0 Å². The molecule has 3 heterocycles. The molecule has 48 heavy (non-hydrogen) atoms. The maximum absolute atomic E-state index is 13.6. The molecule has 1 saturated heterocycles. The first-order valence-corrected chi connectivity index (χ1v) is 17.4. The van der Waals surface area contributed by atoms with Gasteiger partial charge in [0, 0.05) is 29.4 Å². The number of esters is 2. The molecule has 4 aromatic rings. The number of nitrogens with zero attached hydrogens (tertiary/aromatic N) is 1. The Kier molecular flexibility index (Phi) is 12.7. The van der Waals surface area contributed by atoms with Gasteiger partial charge in [0.05, 0.1) is 14.2 Å². The molecule has 0 amide bonds. The second-order valence-electron chi connectivity index (χ2n) is 11.6. The van der Waals surface area contributed by atoms with Crippen LogP contribution in [-0.2, 0) is 27.2 Å². The van der Waals surface area contributed by atoms with Crippen LogP contribution >= 0.6 is 34.5 Å². The summed E-state index contributed by atoms with van der Waals surface area (Å²) in [4.78, 5) is 33.4. The summed E-state index contributed by atoms with van der Waals surface area (Å²) in [7, 11) is 5.17. The van der Waals surface area contributed by atoms with Crippen molar-refractivity contribution in [2.24, 2.45) is 0 Å². The van der Waals surface area contributed by atoms with Gasteiger partial charge >= 0.3 is 11.9 Å². The van der Waals surface area contributed by atoms with Gasteiger partial charge in [-0.15, -0.1) is 11.3 Å². The molecule has 254 valence electrons. The molecule has 0 spiro atoms. The van der Waals surface area contributed by atoms with E-state index in [2.05, 4.69) is 22.2 Å². The molecule has 2 aromatic heterocycles. The van der Waals surface area contributed by atoms with Gasteiger partial charge in [-0.1, -0.05) is 66.0 Å². The minimum absolute atomic E-state index is 0.222. The van der Waals surface area contributed by atoms with Crippen molar-refractivity contribution in [1.82, 2.24) is 10.2 Å². The molecule has 0 bridgehead atoms. The number of pyridine rings is 1. The van der Waals surface area contributed by atoms with Crippen LogP contribution in [0.3, 0.4) is 0 Å². The number of nitrogens with one attached hydrogen (secondary N) is 2. The number of rotatable bonds is 14. The minimum atomic E-state index is -0.737. The molecular formula is C36H40Cl2N3O6S+. The number of H-pyrrole nitrogens is 1. The lowest BCUT2D eigenvalue weighted by molar-refractivity contribution is -0.377. The number of hydrogen-bond donors (Lipinski definition) is 1. The number of ether oxygens (including phenoxy) is 4. The number of piperidine rings is 1. The largest absolute Gasteiger partial charge is 0.493 e. The standard InChI is InChI=1S/C36H39Cl2N3O6S/c1-41-16-8-7-11-25(41)22-46-36(43)34(23-9-5-4-6-10-23)40-19-26-13-15-33(48-26)35(42)47-31(18-27-28(37)20-39-21-29(27)38)24-12-14-30(44-2)32(17-24)45-3/h4-6,9-10,12-15,17,20-21,25,31,34,40H,7-8,11,16,18-19,22H2,1-3H3/p+1/t25?,31-,34?/m0/s1. The highest BCUT2D eigenvalue weighted by Crippen LogP contribution is 2.36. The van der Waals surface area contributed by atoms with Crippen LogP contribution in [0, 0.1) is 0 Å². The second-order valence-corrected chi connectivity index (χ2v) is 13.6. The number of aromatic nitrogens is 1. The van der Waals surface area contributed by atoms with E-state index in [1.54, 1.807) is 44.8 Å². The molecule has 0 saturated carbocycles. The van der Waals surface area contributed by atoms with Gasteiger partial charge in [-0.3, -0.25) is 5.32 Å². The van der Waals surface area contributed by atoms with E-state index in [4.69, 9.17) is 42.1 Å². The monoisotopic (exact) mass is 712 g/mol. The number of aromatic amines is 1. The van der Waals surface area contributed by atoms with Crippen molar-refractivity contribution in [1.29, 1.82) is 0 Å². The molecule has 12 heteroatoms. The molecule has 1 aliphatic heterocycles. The van der Waals surface area contributed by atoms with Crippen LogP contribution in [-0.4, -0.2) is 57.3 Å². The molecule has 0 radical (unpaired) electrons. The smallest absolute Gasteiger partial charge is 0.348 e. The number of hydrogen-bond acceptors (Lipinski definition) is 9. The third-order valence-corrected chi connectivity index (χ3v) is 10.2. The number of carbonyl (C=O) groups is 2. The van der Waals surface area contributed by atoms with Gasteiger partial charge < -0.3 is 23.8 Å². The van der Waals surface area contributed by atoms with Gasteiger partial charge in [-0.25, -0.2) is 14.6 Å². The van der Waals surface area contributed by atoms with Crippen molar-refractivity contribution in [3.8, 4) is 11.5 Å². The van der Waals surface area contributed by atoms with Crippen LogP contribution in [0.4, 0.5) is 0 Å². The number of thiophene rings is 1. The number of carbonyl (C=O) groups excluding carboxylic acids is 2. The van der Waals surface area contributed by atoms with E-state index in [-0.39, 0.29) is 18.4 Å². The topological polar surface area (TPSA) is 100 Å². The number of likely N-dealkylation sites (N-methyl/N-ethyl adjacent to an activating group) is 1. The highest BCUT2D eigenvalue weighted by molar-refractivity contribution is 7.13. The van der Waals surface area contributed by atoms with Crippen LogP contribution in [0.15, 0.2) is 73.1 Å². The predicted molar refractivity (Wildman–Crippen MR) is 186 cm³/mol. The second kappa shape index (κ2) is 17.1. The molecule has 2 N–H and O–H groups in total. The van der Waals surface area contributed by atoms with Gasteiger partial charge in [-0.05, 0) is 61.8 Å². The zero-order valence-electron chi connectivity index (χ0n) is 27.2. The van der Waals surface area contributed by atoms with Crippen molar-refractivity contribution in [2.45, 2.75) is 50.4 Å². The number of likely N-dealkylation sites (tertiary alicyclic amines) is 1. The van der Waals surface area contributed by atoms with Crippen LogP contribution in [0.25, 0.3) is 0 Å².